The van der Waals surface area contributed by atoms with Gasteiger partial charge in [0.2, 0.25) is 0 Å². The molecule has 2 N–H and O–H groups in total. The van der Waals surface area contributed by atoms with Gasteiger partial charge in [0.25, 0.3) is 0 Å². The Kier molecular flexibility index (Phi) is 4.29. The van der Waals surface area contributed by atoms with Gasteiger partial charge in [-0.3, -0.25) is 0 Å². The lowest BCUT2D eigenvalue weighted by atomic mass is 9.83. The van der Waals surface area contributed by atoms with E-state index in [2.05, 4.69) is 14.7 Å². The van der Waals surface area contributed by atoms with Gasteiger partial charge in [0.15, 0.2) is 0 Å². The average Bonchev–Trinajstić information content (AvgIpc) is 2.40. The molecule has 1 aromatic carbocycles. The molecule has 0 atom stereocenters. The van der Waals surface area contributed by atoms with Gasteiger partial charge in [0.1, 0.15) is 11.5 Å². The number of rotatable bonds is 4. The van der Waals surface area contributed by atoms with Crippen molar-refractivity contribution in [3.63, 3.8) is 0 Å². The molecule has 0 fully saturated rings. The van der Waals surface area contributed by atoms with Crippen molar-refractivity contribution < 1.29 is 32.7 Å². The normalized spacial score (nSPS) is 11.1. The zero-order chi connectivity index (χ0) is 15.5. The quantitative estimate of drug-likeness (QED) is 0.814. The van der Waals surface area contributed by atoms with Gasteiger partial charge in [-0.1, -0.05) is 0 Å². The molecule has 0 saturated heterocycles. The second kappa shape index (κ2) is 5.98. The summed E-state index contributed by atoms with van der Waals surface area (Å²) in [6.07, 6.45) is -2.46. The van der Waals surface area contributed by atoms with Crippen molar-refractivity contribution >= 4 is 12.6 Å². The van der Waals surface area contributed by atoms with Crippen molar-refractivity contribution in [1.82, 2.24) is 9.97 Å². The van der Waals surface area contributed by atoms with Crippen molar-refractivity contribution in [2.45, 2.75) is 6.36 Å². The first-order chi connectivity index (χ1) is 9.83. The molecular formula is C11H8BF3N2O4. The van der Waals surface area contributed by atoms with Crippen LogP contribution >= 0.6 is 0 Å². The van der Waals surface area contributed by atoms with Crippen LogP contribution in [0.5, 0.6) is 17.5 Å². The lowest BCUT2D eigenvalue weighted by molar-refractivity contribution is -0.274. The molecule has 110 valence electrons. The van der Waals surface area contributed by atoms with Gasteiger partial charge < -0.3 is 19.5 Å². The molecule has 0 saturated carbocycles. The van der Waals surface area contributed by atoms with Gasteiger partial charge in [0, 0.05) is 17.9 Å². The van der Waals surface area contributed by atoms with Crippen molar-refractivity contribution in [2.75, 3.05) is 0 Å². The number of halogens is 3. The van der Waals surface area contributed by atoms with Crippen molar-refractivity contribution in [2.24, 2.45) is 0 Å². The molecule has 0 unspecified atom stereocenters. The Hall–Kier alpha value is -2.33. The SMILES string of the molecule is OB(O)c1cnc(Oc2ccc(OC(F)(F)F)cc2)nc1. The summed E-state index contributed by atoms with van der Waals surface area (Å²) in [4.78, 5) is 7.42. The predicted octanol–water partition coefficient (Wildman–Crippen LogP) is 0.847. The molecule has 1 aromatic heterocycles. The Labute approximate surface area is 116 Å². The maximum absolute atomic E-state index is 12.0. The van der Waals surface area contributed by atoms with Crippen LogP contribution in [0, 0.1) is 0 Å². The van der Waals surface area contributed by atoms with Gasteiger partial charge in [-0.25, -0.2) is 9.97 Å². The first-order valence-electron chi connectivity index (χ1n) is 5.55. The standard InChI is InChI=1S/C11H8BF3N2O4/c13-11(14,15)21-9-3-1-8(2-4-9)20-10-16-5-7(6-17-10)12(18)19/h1-6,18-19H. The van der Waals surface area contributed by atoms with Gasteiger partial charge in [-0.05, 0) is 24.3 Å². The highest BCUT2D eigenvalue weighted by Crippen LogP contribution is 2.25. The van der Waals surface area contributed by atoms with E-state index in [0.29, 0.717) is 0 Å². The predicted molar refractivity (Wildman–Crippen MR) is 65.1 cm³/mol. The van der Waals surface area contributed by atoms with E-state index in [4.69, 9.17) is 14.8 Å². The Balaban J connectivity index is 2.03. The second-order valence-electron chi connectivity index (χ2n) is 3.79. The first-order valence-corrected chi connectivity index (χ1v) is 5.55. The topological polar surface area (TPSA) is 84.7 Å². The smallest absolute Gasteiger partial charge is 0.424 e. The van der Waals surface area contributed by atoms with Gasteiger partial charge >= 0.3 is 19.5 Å². The summed E-state index contributed by atoms with van der Waals surface area (Å²) in [6.45, 7) is 0. The molecule has 2 aromatic rings. The summed E-state index contributed by atoms with van der Waals surface area (Å²) in [6, 6.07) is 4.56. The molecule has 0 aliphatic rings. The molecule has 2 rings (SSSR count). The van der Waals surface area contributed by atoms with E-state index >= 15 is 0 Å². The van der Waals surface area contributed by atoms with Crippen LogP contribution in [0.25, 0.3) is 0 Å². The van der Waals surface area contributed by atoms with E-state index in [0.717, 1.165) is 24.5 Å². The van der Waals surface area contributed by atoms with Gasteiger partial charge in [-0.2, -0.15) is 0 Å². The minimum atomic E-state index is -4.76. The molecule has 6 nitrogen and oxygen atoms in total. The summed E-state index contributed by atoms with van der Waals surface area (Å²) >= 11 is 0. The number of aromatic nitrogens is 2. The van der Waals surface area contributed by atoms with Crippen LogP contribution in [0.3, 0.4) is 0 Å². The molecule has 0 aliphatic heterocycles. The van der Waals surface area contributed by atoms with Crippen molar-refractivity contribution in [3.8, 4) is 17.5 Å². The van der Waals surface area contributed by atoms with E-state index in [1.54, 1.807) is 0 Å². The van der Waals surface area contributed by atoms with E-state index in [1.165, 1.54) is 12.1 Å². The largest absolute Gasteiger partial charge is 0.573 e. The van der Waals surface area contributed by atoms with Crippen molar-refractivity contribution in [1.29, 1.82) is 0 Å². The highest BCUT2D eigenvalue weighted by Gasteiger charge is 2.30. The van der Waals surface area contributed by atoms with Crippen LogP contribution in [0.15, 0.2) is 36.7 Å². The lowest BCUT2D eigenvalue weighted by Crippen LogP contribution is -2.30. The molecule has 0 aliphatic carbocycles. The zero-order valence-corrected chi connectivity index (χ0v) is 10.3. The third kappa shape index (κ3) is 4.62. The fraction of sp³-hybridized carbons (Fsp3) is 0.0909. The minimum Gasteiger partial charge on any atom is -0.424 e. The summed E-state index contributed by atoms with van der Waals surface area (Å²) in [7, 11) is -1.70. The first kappa shape index (κ1) is 15.1. The lowest BCUT2D eigenvalue weighted by Gasteiger charge is -2.09. The van der Waals surface area contributed by atoms with Crippen LogP contribution in [-0.2, 0) is 0 Å². The van der Waals surface area contributed by atoms with Crippen LogP contribution in [0.2, 0.25) is 0 Å². The second-order valence-corrected chi connectivity index (χ2v) is 3.79. The Morgan fingerprint density at radius 3 is 1.95 bits per heavy atom. The Morgan fingerprint density at radius 2 is 1.48 bits per heavy atom. The van der Waals surface area contributed by atoms with E-state index in [1.807, 2.05) is 0 Å². The molecule has 21 heavy (non-hydrogen) atoms. The molecular weight excluding hydrogens is 292 g/mol. The number of ether oxygens (including phenoxy) is 2. The number of benzene rings is 1. The van der Waals surface area contributed by atoms with Gasteiger partial charge in [-0.15, -0.1) is 13.2 Å². The number of alkyl halides is 3. The summed E-state index contributed by atoms with van der Waals surface area (Å²) < 4.78 is 44.8. The maximum Gasteiger partial charge on any atom is 0.573 e. The number of hydrogen-bond donors (Lipinski definition) is 2. The highest BCUT2D eigenvalue weighted by atomic mass is 19.4. The molecule has 10 heteroatoms. The Bertz CT molecular complexity index is 590. The third-order valence-corrected chi connectivity index (χ3v) is 2.21. The highest BCUT2D eigenvalue weighted by molar-refractivity contribution is 6.58. The third-order valence-electron chi connectivity index (χ3n) is 2.21. The van der Waals surface area contributed by atoms with Crippen LogP contribution < -0.4 is 14.9 Å². The van der Waals surface area contributed by atoms with E-state index in [9.17, 15) is 13.2 Å². The van der Waals surface area contributed by atoms with Crippen molar-refractivity contribution in [3.05, 3.63) is 36.7 Å². The maximum atomic E-state index is 12.0. The summed E-state index contributed by atoms with van der Waals surface area (Å²) in [5, 5.41) is 17.7. The van der Waals surface area contributed by atoms with E-state index in [-0.39, 0.29) is 23.0 Å². The fourth-order valence-corrected chi connectivity index (χ4v) is 1.33. The molecule has 0 radical (unpaired) electrons. The number of nitrogens with zero attached hydrogens (tertiary/aromatic N) is 2. The Morgan fingerprint density at radius 1 is 0.952 bits per heavy atom. The van der Waals surface area contributed by atoms with Crippen LogP contribution in [-0.4, -0.2) is 33.5 Å². The van der Waals surface area contributed by atoms with Gasteiger partial charge in [0.05, 0.1) is 0 Å². The molecule has 1 heterocycles. The van der Waals surface area contributed by atoms with Crippen LogP contribution in [0.1, 0.15) is 0 Å². The number of hydrogen-bond acceptors (Lipinski definition) is 6. The monoisotopic (exact) mass is 300 g/mol. The van der Waals surface area contributed by atoms with Crippen LogP contribution in [0.4, 0.5) is 13.2 Å². The average molecular weight is 300 g/mol. The zero-order valence-electron chi connectivity index (χ0n) is 10.3. The summed E-state index contributed by atoms with van der Waals surface area (Å²) in [5.41, 5.74) is 0.0799. The molecule has 0 bridgehead atoms. The fourth-order valence-electron chi connectivity index (χ4n) is 1.33. The molecule has 0 amide bonds. The minimum absolute atomic E-state index is 0.0799. The van der Waals surface area contributed by atoms with E-state index < -0.39 is 13.5 Å². The molecule has 0 spiro atoms. The summed E-state index contributed by atoms with van der Waals surface area (Å²) in [5.74, 6) is -0.184.